The van der Waals surface area contributed by atoms with Crippen LogP contribution in [0.1, 0.15) is 5.56 Å². The first kappa shape index (κ1) is 15.4. The fourth-order valence-electron chi connectivity index (χ4n) is 0.955. The van der Waals surface area contributed by atoms with Gasteiger partial charge in [0.2, 0.25) is 9.23 Å². The SMILES string of the molecule is N[C@@H](Cc1ccccc1)C(=O)O.O=S(Cl)Cl. The van der Waals surface area contributed by atoms with Crippen molar-refractivity contribution in [2.24, 2.45) is 5.73 Å². The lowest BCUT2D eigenvalue weighted by atomic mass is 10.1. The summed E-state index contributed by atoms with van der Waals surface area (Å²) in [7, 11) is 7.36. The van der Waals surface area contributed by atoms with E-state index in [4.69, 9.17) is 15.0 Å². The third-order valence-electron chi connectivity index (χ3n) is 1.62. The van der Waals surface area contributed by atoms with Gasteiger partial charge in [0.25, 0.3) is 0 Å². The molecule has 0 saturated carbocycles. The summed E-state index contributed by atoms with van der Waals surface area (Å²) in [5.41, 5.74) is 6.30. The topological polar surface area (TPSA) is 80.4 Å². The summed E-state index contributed by atoms with van der Waals surface area (Å²) in [6, 6.07) is 8.54. The molecule has 0 aliphatic heterocycles. The Morgan fingerprint density at radius 3 is 2.19 bits per heavy atom. The van der Waals surface area contributed by atoms with Crippen LogP contribution in [0, 0.1) is 0 Å². The summed E-state index contributed by atoms with van der Waals surface area (Å²) in [5.74, 6) is -0.959. The second-order valence-corrected chi connectivity index (χ2v) is 5.34. The highest BCUT2D eigenvalue weighted by Crippen LogP contribution is 2.01. The zero-order chi connectivity index (χ0) is 12.6. The van der Waals surface area contributed by atoms with Gasteiger partial charge in [0, 0.05) is 21.4 Å². The largest absolute Gasteiger partial charge is 0.480 e. The van der Waals surface area contributed by atoms with Gasteiger partial charge >= 0.3 is 5.97 Å². The molecule has 0 radical (unpaired) electrons. The lowest BCUT2D eigenvalue weighted by Gasteiger charge is -2.04. The molecule has 0 saturated heterocycles. The zero-order valence-corrected chi connectivity index (χ0v) is 10.5. The minimum absolute atomic E-state index is 0.385. The molecule has 0 aromatic heterocycles. The number of hydrogen-bond donors (Lipinski definition) is 2. The van der Waals surface area contributed by atoms with Crippen LogP contribution in [0.15, 0.2) is 30.3 Å². The number of nitrogens with two attached hydrogens (primary N) is 1. The summed E-state index contributed by atoms with van der Waals surface area (Å²) < 4.78 is 9.09. The van der Waals surface area contributed by atoms with Crippen molar-refractivity contribution in [1.82, 2.24) is 0 Å². The second kappa shape index (κ2) is 8.52. The van der Waals surface area contributed by atoms with Crippen molar-refractivity contribution in [2.75, 3.05) is 0 Å². The highest BCUT2D eigenvalue weighted by molar-refractivity contribution is 8.26. The first-order chi connectivity index (χ1) is 7.43. The molecule has 0 fully saturated rings. The summed E-state index contributed by atoms with van der Waals surface area (Å²) in [6.45, 7) is 0. The second-order valence-electron chi connectivity index (χ2n) is 2.82. The van der Waals surface area contributed by atoms with Crippen LogP contribution in [0.3, 0.4) is 0 Å². The highest BCUT2D eigenvalue weighted by atomic mass is 36.0. The minimum atomic E-state index is -1.67. The Kier molecular flexibility index (Phi) is 8.19. The molecule has 1 atom stereocenters. The molecule has 0 bridgehead atoms. The van der Waals surface area contributed by atoms with E-state index in [1.54, 1.807) is 0 Å². The van der Waals surface area contributed by atoms with E-state index in [0.29, 0.717) is 6.42 Å². The number of carbonyl (C=O) groups is 1. The molecular formula is C9H11Cl2NO3S. The van der Waals surface area contributed by atoms with E-state index in [1.165, 1.54) is 0 Å². The van der Waals surface area contributed by atoms with E-state index in [2.05, 4.69) is 21.4 Å². The molecule has 3 N–H and O–H groups in total. The molecule has 7 heteroatoms. The van der Waals surface area contributed by atoms with Crippen LogP contribution in [0.5, 0.6) is 0 Å². The van der Waals surface area contributed by atoms with Gasteiger partial charge in [-0.1, -0.05) is 30.3 Å². The van der Waals surface area contributed by atoms with Crippen molar-refractivity contribution >= 4 is 36.6 Å². The third-order valence-corrected chi connectivity index (χ3v) is 1.62. The van der Waals surface area contributed by atoms with Crippen molar-refractivity contribution in [2.45, 2.75) is 12.5 Å². The fourth-order valence-corrected chi connectivity index (χ4v) is 0.955. The Labute approximate surface area is 105 Å². The van der Waals surface area contributed by atoms with Crippen LogP contribution in [-0.4, -0.2) is 21.3 Å². The highest BCUT2D eigenvalue weighted by Gasteiger charge is 2.10. The molecule has 0 amide bonds. The van der Waals surface area contributed by atoms with Crippen LogP contribution in [-0.2, 0) is 20.4 Å². The van der Waals surface area contributed by atoms with Gasteiger partial charge in [-0.05, 0) is 12.0 Å². The van der Waals surface area contributed by atoms with Crippen molar-refractivity contribution < 1.29 is 14.1 Å². The fraction of sp³-hybridized carbons (Fsp3) is 0.222. The number of aliphatic carboxylic acids is 1. The van der Waals surface area contributed by atoms with E-state index in [-0.39, 0.29) is 0 Å². The van der Waals surface area contributed by atoms with Crippen molar-refractivity contribution in [1.29, 1.82) is 0 Å². The molecule has 0 unspecified atom stereocenters. The number of rotatable bonds is 3. The number of benzene rings is 1. The quantitative estimate of drug-likeness (QED) is 0.828. The van der Waals surface area contributed by atoms with Gasteiger partial charge in [-0.2, -0.15) is 0 Å². The normalized spacial score (nSPS) is 11.5. The van der Waals surface area contributed by atoms with E-state index in [0.717, 1.165) is 5.56 Å². The molecule has 1 aromatic rings. The Morgan fingerprint density at radius 1 is 1.38 bits per heavy atom. The summed E-state index contributed by atoms with van der Waals surface area (Å²) in [5, 5.41) is 8.52. The maximum atomic E-state index is 10.4. The smallest absolute Gasteiger partial charge is 0.320 e. The molecular weight excluding hydrogens is 273 g/mol. The van der Waals surface area contributed by atoms with E-state index < -0.39 is 21.2 Å². The van der Waals surface area contributed by atoms with Crippen molar-refractivity contribution in [3.05, 3.63) is 35.9 Å². The predicted octanol–water partition coefficient (Wildman–Crippen LogP) is 1.68. The molecule has 0 aliphatic carbocycles. The molecule has 0 heterocycles. The van der Waals surface area contributed by atoms with Gasteiger partial charge in [0.05, 0.1) is 0 Å². The van der Waals surface area contributed by atoms with Crippen LogP contribution in [0.2, 0.25) is 0 Å². The average molecular weight is 284 g/mol. The predicted molar refractivity (Wildman–Crippen MR) is 65.6 cm³/mol. The lowest BCUT2D eigenvalue weighted by Crippen LogP contribution is -2.32. The monoisotopic (exact) mass is 283 g/mol. The van der Waals surface area contributed by atoms with Crippen LogP contribution >= 0.6 is 21.4 Å². The Bertz CT molecular complexity index is 344. The maximum absolute atomic E-state index is 10.4. The Morgan fingerprint density at radius 2 is 1.81 bits per heavy atom. The van der Waals surface area contributed by atoms with Crippen LogP contribution in [0.25, 0.3) is 0 Å². The van der Waals surface area contributed by atoms with E-state index in [9.17, 15) is 4.79 Å². The summed E-state index contributed by atoms with van der Waals surface area (Å²) in [6.07, 6.45) is 0.385. The summed E-state index contributed by atoms with van der Waals surface area (Å²) >= 11 is 0. The van der Waals surface area contributed by atoms with Crippen LogP contribution in [0.4, 0.5) is 0 Å². The zero-order valence-electron chi connectivity index (χ0n) is 8.18. The van der Waals surface area contributed by atoms with Crippen LogP contribution < -0.4 is 5.73 Å². The van der Waals surface area contributed by atoms with Crippen molar-refractivity contribution in [3.8, 4) is 0 Å². The first-order valence-electron chi connectivity index (χ1n) is 4.20. The van der Waals surface area contributed by atoms with Gasteiger partial charge in [0.15, 0.2) is 0 Å². The molecule has 0 spiro atoms. The maximum Gasteiger partial charge on any atom is 0.320 e. The third kappa shape index (κ3) is 8.67. The molecule has 1 aromatic carbocycles. The van der Waals surface area contributed by atoms with Gasteiger partial charge in [-0.25, -0.2) is 4.21 Å². The van der Waals surface area contributed by atoms with E-state index in [1.807, 2.05) is 30.3 Å². The average Bonchev–Trinajstić information content (AvgIpc) is 2.18. The van der Waals surface area contributed by atoms with E-state index >= 15 is 0 Å². The van der Waals surface area contributed by atoms with Crippen molar-refractivity contribution in [3.63, 3.8) is 0 Å². The molecule has 4 nitrogen and oxygen atoms in total. The molecule has 90 valence electrons. The first-order valence-corrected chi connectivity index (χ1v) is 7.00. The lowest BCUT2D eigenvalue weighted by molar-refractivity contribution is -0.138. The number of carboxylic acid groups (broad SMARTS) is 1. The number of carboxylic acids is 1. The van der Waals surface area contributed by atoms with Gasteiger partial charge in [0.1, 0.15) is 6.04 Å². The number of halogens is 2. The van der Waals surface area contributed by atoms with Gasteiger partial charge < -0.3 is 10.8 Å². The molecule has 1 rings (SSSR count). The van der Waals surface area contributed by atoms with Gasteiger partial charge in [-0.15, -0.1) is 0 Å². The standard InChI is InChI=1S/C9H11NO2.Cl2OS/c10-8(9(11)12)6-7-4-2-1-3-5-7;1-4(2)3/h1-5,8H,6,10H2,(H,11,12);/t8-;/m0./s1. The minimum Gasteiger partial charge on any atom is -0.480 e. The Hall–Kier alpha value is -0.620. The number of hydrogen-bond acceptors (Lipinski definition) is 3. The molecule has 16 heavy (non-hydrogen) atoms. The Balaban J connectivity index is 0.000000487. The summed E-state index contributed by atoms with van der Waals surface area (Å²) in [4.78, 5) is 10.4. The molecule has 0 aliphatic rings. The van der Waals surface area contributed by atoms with Gasteiger partial charge in [-0.3, -0.25) is 4.79 Å².